The molecule has 0 radical (unpaired) electrons. The van der Waals surface area contributed by atoms with Gasteiger partial charge in [0, 0.05) is 5.02 Å². The van der Waals surface area contributed by atoms with E-state index < -0.39 is 24.1 Å². The molecule has 0 aliphatic carbocycles. The van der Waals surface area contributed by atoms with Gasteiger partial charge in [-0.2, -0.15) is 0 Å². The van der Waals surface area contributed by atoms with Crippen LogP contribution in [-0.2, 0) is 14.3 Å². The average Bonchev–Trinajstić information content (AvgIpc) is 3.03. The Kier molecular flexibility index (Phi) is 5.62. The van der Waals surface area contributed by atoms with Crippen molar-refractivity contribution < 1.29 is 19.1 Å². The Morgan fingerprint density at radius 3 is 2.56 bits per heavy atom. The van der Waals surface area contributed by atoms with Crippen molar-refractivity contribution in [3.63, 3.8) is 0 Å². The van der Waals surface area contributed by atoms with Gasteiger partial charge in [-0.3, -0.25) is 10.1 Å². The fourth-order valence-electron chi connectivity index (χ4n) is 2.22. The summed E-state index contributed by atoms with van der Waals surface area (Å²) in [6, 6.07) is 14.2. The second-order valence-electron chi connectivity index (χ2n) is 6.18. The first kappa shape index (κ1) is 19.1. The van der Waals surface area contributed by atoms with E-state index in [4.69, 9.17) is 21.1 Å². The minimum Gasteiger partial charge on any atom is -0.476 e. The van der Waals surface area contributed by atoms with Crippen LogP contribution in [0.25, 0.3) is 10.2 Å². The van der Waals surface area contributed by atoms with Crippen molar-refractivity contribution in [3.05, 3.63) is 53.6 Å². The van der Waals surface area contributed by atoms with Crippen LogP contribution in [-0.4, -0.2) is 29.1 Å². The molecule has 27 heavy (non-hydrogen) atoms. The molecular formula is C19H17ClN2O4S. The van der Waals surface area contributed by atoms with E-state index in [-0.39, 0.29) is 0 Å². The maximum atomic E-state index is 12.3. The largest absolute Gasteiger partial charge is 0.476 e. The first-order chi connectivity index (χ1) is 12.8. The summed E-state index contributed by atoms with van der Waals surface area (Å²) in [4.78, 5) is 28.6. The maximum Gasteiger partial charge on any atom is 0.350 e. The third kappa shape index (κ3) is 4.96. The Balaban J connectivity index is 1.53. The summed E-state index contributed by atoms with van der Waals surface area (Å²) < 4.78 is 11.7. The molecule has 0 fully saturated rings. The number of thiazole rings is 1. The molecule has 0 atom stereocenters. The van der Waals surface area contributed by atoms with Gasteiger partial charge in [-0.15, -0.1) is 0 Å². The molecule has 140 valence electrons. The number of rotatable bonds is 6. The number of esters is 1. The zero-order valence-corrected chi connectivity index (χ0v) is 16.3. The molecule has 0 saturated carbocycles. The minimum absolute atomic E-state index is 0.428. The van der Waals surface area contributed by atoms with E-state index in [1.807, 2.05) is 24.3 Å². The minimum atomic E-state index is -1.26. The van der Waals surface area contributed by atoms with Crippen LogP contribution >= 0.6 is 22.9 Å². The Labute approximate surface area is 165 Å². The predicted octanol–water partition coefficient (Wildman–Crippen LogP) is 4.29. The number of hydrogen-bond donors (Lipinski definition) is 1. The molecule has 1 heterocycles. The number of hydrogen-bond acceptors (Lipinski definition) is 6. The Morgan fingerprint density at radius 2 is 1.85 bits per heavy atom. The highest BCUT2D eigenvalue weighted by atomic mass is 35.5. The number of fused-ring (bicyclic) bond motifs is 1. The van der Waals surface area contributed by atoms with Crippen molar-refractivity contribution >= 4 is 50.2 Å². The highest BCUT2D eigenvalue weighted by molar-refractivity contribution is 7.22. The van der Waals surface area contributed by atoms with Gasteiger partial charge in [0.25, 0.3) is 5.91 Å². The number of aromatic nitrogens is 1. The van der Waals surface area contributed by atoms with Crippen molar-refractivity contribution in [2.75, 3.05) is 11.9 Å². The molecule has 1 aromatic heterocycles. The lowest BCUT2D eigenvalue weighted by molar-refractivity contribution is -0.161. The van der Waals surface area contributed by atoms with Crippen LogP contribution in [0, 0.1) is 0 Å². The molecule has 1 amide bonds. The van der Waals surface area contributed by atoms with Crippen molar-refractivity contribution in [3.8, 4) is 5.75 Å². The van der Waals surface area contributed by atoms with Crippen LogP contribution in [0.15, 0.2) is 48.5 Å². The zero-order chi connectivity index (χ0) is 19.4. The summed E-state index contributed by atoms with van der Waals surface area (Å²) >= 11 is 7.18. The van der Waals surface area contributed by atoms with Crippen LogP contribution < -0.4 is 10.1 Å². The fraction of sp³-hybridized carbons (Fsp3) is 0.211. The van der Waals surface area contributed by atoms with Crippen molar-refractivity contribution in [1.29, 1.82) is 0 Å². The molecule has 8 heteroatoms. The Bertz CT molecular complexity index is 936. The van der Waals surface area contributed by atoms with Gasteiger partial charge < -0.3 is 9.47 Å². The quantitative estimate of drug-likeness (QED) is 0.620. The molecular weight excluding hydrogens is 388 g/mol. The van der Waals surface area contributed by atoms with Crippen molar-refractivity contribution in [2.45, 2.75) is 19.4 Å². The number of benzene rings is 2. The number of halogens is 1. The van der Waals surface area contributed by atoms with Gasteiger partial charge in [0.05, 0.1) is 10.2 Å². The summed E-state index contributed by atoms with van der Waals surface area (Å²) in [7, 11) is 0. The van der Waals surface area contributed by atoms with Gasteiger partial charge in [-0.1, -0.05) is 35.1 Å². The second-order valence-corrected chi connectivity index (χ2v) is 7.64. The van der Waals surface area contributed by atoms with Crippen LogP contribution in [0.2, 0.25) is 5.02 Å². The summed E-state index contributed by atoms with van der Waals surface area (Å²) in [6.45, 7) is 2.70. The van der Waals surface area contributed by atoms with E-state index in [0.29, 0.717) is 15.9 Å². The maximum absolute atomic E-state index is 12.3. The molecule has 0 saturated heterocycles. The number of anilines is 1. The number of nitrogens with one attached hydrogen (secondary N) is 1. The third-order valence-electron chi connectivity index (χ3n) is 3.55. The van der Waals surface area contributed by atoms with Crippen molar-refractivity contribution in [2.24, 2.45) is 0 Å². The number of carbonyl (C=O) groups excluding carboxylic acids is 2. The molecule has 3 rings (SSSR count). The number of carbonyl (C=O) groups is 2. The van der Waals surface area contributed by atoms with Crippen LogP contribution in [0.4, 0.5) is 5.13 Å². The van der Waals surface area contributed by atoms with Crippen LogP contribution in [0.1, 0.15) is 13.8 Å². The number of amides is 1. The van der Waals surface area contributed by atoms with Gasteiger partial charge in [0.1, 0.15) is 5.75 Å². The van der Waals surface area contributed by atoms with Gasteiger partial charge in [-0.25, -0.2) is 9.78 Å². The average molecular weight is 405 g/mol. The van der Waals surface area contributed by atoms with Gasteiger partial charge in [0.15, 0.2) is 17.3 Å². The van der Waals surface area contributed by atoms with E-state index in [1.165, 1.54) is 11.3 Å². The van der Waals surface area contributed by atoms with Gasteiger partial charge >= 0.3 is 5.97 Å². The molecule has 1 N–H and O–H groups in total. The number of ether oxygens (including phenoxy) is 2. The lowest BCUT2D eigenvalue weighted by atomic mass is 10.1. The Morgan fingerprint density at radius 1 is 1.15 bits per heavy atom. The summed E-state index contributed by atoms with van der Waals surface area (Å²) in [5.74, 6) is -0.651. The fourth-order valence-corrected chi connectivity index (χ4v) is 3.23. The first-order valence-corrected chi connectivity index (χ1v) is 9.30. The van der Waals surface area contributed by atoms with E-state index in [1.54, 1.807) is 38.1 Å². The topological polar surface area (TPSA) is 77.5 Å². The second kappa shape index (κ2) is 7.94. The third-order valence-corrected chi connectivity index (χ3v) is 4.76. The lowest BCUT2D eigenvalue weighted by Crippen LogP contribution is -2.41. The monoisotopic (exact) mass is 404 g/mol. The zero-order valence-electron chi connectivity index (χ0n) is 14.7. The lowest BCUT2D eigenvalue weighted by Gasteiger charge is -2.24. The van der Waals surface area contributed by atoms with E-state index in [9.17, 15) is 9.59 Å². The Hall–Kier alpha value is -2.64. The van der Waals surface area contributed by atoms with E-state index in [2.05, 4.69) is 10.3 Å². The summed E-state index contributed by atoms with van der Waals surface area (Å²) in [5.41, 5.74) is -0.462. The molecule has 0 spiro atoms. The van der Waals surface area contributed by atoms with E-state index >= 15 is 0 Å². The molecule has 2 aromatic carbocycles. The van der Waals surface area contributed by atoms with Crippen molar-refractivity contribution in [1.82, 2.24) is 4.98 Å². The smallest absolute Gasteiger partial charge is 0.350 e. The first-order valence-electron chi connectivity index (χ1n) is 8.11. The summed E-state index contributed by atoms with van der Waals surface area (Å²) in [6.07, 6.45) is 0. The van der Waals surface area contributed by atoms with Gasteiger partial charge in [0.2, 0.25) is 0 Å². The highest BCUT2D eigenvalue weighted by Crippen LogP contribution is 2.25. The molecule has 3 aromatic rings. The molecule has 0 aliphatic heterocycles. The number of nitrogens with zero attached hydrogens (tertiary/aromatic N) is 1. The van der Waals surface area contributed by atoms with E-state index in [0.717, 1.165) is 10.2 Å². The molecule has 0 unspecified atom stereocenters. The molecule has 0 bridgehead atoms. The van der Waals surface area contributed by atoms with Gasteiger partial charge in [-0.05, 0) is 50.2 Å². The SMILES string of the molecule is CC(C)(Oc1ccc(Cl)cc1)C(=O)OCC(=O)Nc1nc2ccccc2s1. The number of para-hydroxylation sites is 1. The standard InChI is InChI=1S/C19H17ClN2O4S/c1-19(2,26-13-9-7-12(20)8-10-13)17(24)25-11-16(23)22-18-21-14-5-3-4-6-15(14)27-18/h3-10H,11H2,1-2H3,(H,21,22,23). The molecule has 6 nitrogen and oxygen atoms in total. The molecule has 0 aliphatic rings. The van der Waals surface area contributed by atoms with Crippen LogP contribution in [0.5, 0.6) is 5.75 Å². The summed E-state index contributed by atoms with van der Waals surface area (Å²) in [5, 5.41) is 3.65. The normalized spacial score (nSPS) is 11.2. The predicted molar refractivity (Wildman–Crippen MR) is 105 cm³/mol. The van der Waals surface area contributed by atoms with Crippen LogP contribution in [0.3, 0.4) is 0 Å². The highest BCUT2D eigenvalue weighted by Gasteiger charge is 2.32.